The lowest BCUT2D eigenvalue weighted by atomic mass is 10.0. The van der Waals surface area contributed by atoms with Crippen molar-refractivity contribution in [3.8, 4) is 0 Å². The molecule has 1 amide bonds. The van der Waals surface area contributed by atoms with Crippen LogP contribution in [0.1, 0.15) is 58.6 Å². The van der Waals surface area contributed by atoms with Gasteiger partial charge in [0.25, 0.3) is 5.91 Å². The van der Waals surface area contributed by atoms with Crippen LogP contribution in [0.15, 0.2) is 9.90 Å². The molecule has 130 valence electrons. The van der Waals surface area contributed by atoms with E-state index in [-0.39, 0.29) is 11.4 Å². The Balaban J connectivity index is 1.73. The van der Waals surface area contributed by atoms with E-state index >= 15 is 0 Å². The molecule has 6 heteroatoms. The van der Waals surface area contributed by atoms with E-state index in [1.807, 2.05) is 40.0 Å². The van der Waals surface area contributed by atoms with E-state index in [0.717, 1.165) is 43.1 Å². The zero-order valence-corrected chi connectivity index (χ0v) is 15.8. The first-order valence-electron chi connectivity index (χ1n) is 8.30. The molecule has 24 heavy (non-hydrogen) atoms. The standard InChI is InChI=1S/C18H25N3O2S/c1-11-14(12(2)23-20-11)8-21-7-6-13-15(10-24-16(13)9-21)17(22)19-18(3,4)5/h10H,6-9H2,1-5H3,(H,19,22). The van der Waals surface area contributed by atoms with Crippen molar-refractivity contribution < 1.29 is 9.32 Å². The molecule has 5 nitrogen and oxygen atoms in total. The van der Waals surface area contributed by atoms with Gasteiger partial charge in [-0.3, -0.25) is 9.69 Å². The molecular weight excluding hydrogens is 322 g/mol. The van der Waals surface area contributed by atoms with Crippen molar-refractivity contribution in [1.82, 2.24) is 15.4 Å². The summed E-state index contributed by atoms with van der Waals surface area (Å²) in [5.41, 5.74) is 4.00. The van der Waals surface area contributed by atoms with E-state index in [2.05, 4.69) is 15.4 Å². The summed E-state index contributed by atoms with van der Waals surface area (Å²) in [6.45, 7) is 12.7. The summed E-state index contributed by atoms with van der Waals surface area (Å²) in [6.07, 6.45) is 0.912. The number of aromatic nitrogens is 1. The summed E-state index contributed by atoms with van der Waals surface area (Å²) < 4.78 is 5.26. The van der Waals surface area contributed by atoms with Gasteiger partial charge in [-0.15, -0.1) is 11.3 Å². The first-order chi connectivity index (χ1) is 11.2. The molecule has 1 aliphatic rings. The third kappa shape index (κ3) is 3.54. The summed E-state index contributed by atoms with van der Waals surface area (Å²) >= 11 is 1.69. The average Bonchev–Trinajstić information content (AvgIpc) is 3.03. The molecule has 2 aromatic heterocycles. The van der Waals surface area contributed by atoms with Gasteiger partial charge in [0.15, 0.2) is 0 Å². The van der Waals surface area contributed by atoms with Crippen LogP contribution in [0.4, 0.5) is 0 Å². The minimum atomic E-state index is -0.212. The highest BCUT2D eigenvalue weighted by Gasteiger charge is 2.26. The SMILES string of the molecule is Cc1noc(C)c1CN1CCc2c(C(=O)NC(C)(C)C)csc2C1. The van der Waals surface area contributed by atoms with Crippen LogP contribution in [0, 0.1) is 13.8 Å². The molecule has 0 aromatic carbocycles. The molecule has 1 N–H and O–H groups in total. The van der Waals surface area contributed by atoms with Gasteiger partial charge in [0.05, 0.1) is 11.3 Å². The predicted octanol–water partition coefficient (Wildman–Crippen LogP) is 3.44. The number of thiophene rings is 1. The van der Waals surface area contributed by atoms with E-state index in [1.54, 1.807) is 11.3 Å². The second-order valence-electron chi connectivity index (χ2n) is 7.52. The number of hydrogen-bond donors (Lipinski definition) is 1. The highest BCUT2D eigenvalue weighted by molar-refractivity contribution is 7.10. The van der Waals surface area contributed by atoms with Crippen molar-refractivity contribution in [2.45, 2.75) is 59.7 Å². The average molecular weight is 347 g/mol. The van der Waals surface area contributed by atoms with Crippen molar-refractivity contribution in [2.75, 3.05) is 6.54 Å². The molecule has 0 unspecified atom stereocenters. The maximum atomic E-state index is 12.5. The van der Waals surface area contributed by atoms with Crippen molar-refractivity contribution in [1.29, 1.82) is 0 Å². The second kappa shape index (κ2) is 6.33. The topological polar surface area (TPSA) is 58.4 Å². The number of carbonyl (C=O) groups is 1. The van der Waals surface area contributed by atoms with Gasteiger partial charge in [0.2, 0.25) is 0 Å². The Morgan fingerprint density at radius 3 is 2.79 bits per heavy atom. The van der Waals surface area contributed by atoms with Crippen LogP contribution in [0.2, 0.25) is 0 Å². The van der Waals surface area contributed by atoms with Gasteiger partial charge in [0.1, 0.15) is 5.76 Å². The van der Waals surface area contributed by atoms with E-state index in [1.165, 1.54) is 16.0 Å². The molecule has 0 aliphatic carbocycles. The van der Waals surface area contributed by atoms with Gasteiger partial charge < -0.3 is 9.84 Å². The smallest absolute Gasteiger partial charge is 0.252 e. The molecule has 1 aliphatic heterocycles. The Kier molecular flexibility index (Phi) is 4.53. The summed E-state index contributed by atoms with van der Waals surface area (Å²) in [4.78, 5) is 16.2. The van der Waals surface area contributed by atoms with Crippen LogP contribution in [0.3, 0.4) is 0 Å². The number of nitrogens with zero attached hydrogens (tertiary/aromatic N) is 2. The van der Waals surface area contributed by atoms with Gasteiger partial charge in [-0.05, 0) is 46.6 Å². The fourth-order valence-electron chi connectivity index (χ4n) is 3.07. The minimum Gasteiger partial charge on any atom is -0.361 e. The Labute approximate surface area is 147 Å². The summed E-state index contributed by atoms with van der Waals surface area (Å²) in [5.74, 6) is 0.939. The molecule has 0 radical (unpaired) electrons. The Bertz CT molecular complexity index is 735. The van der Waals surface area contributed by atoms with Crippen molar-refractivity contribution >= 4 is 17.2 Å². The highest BCUT2D eigenvalue weighted by atomic mass is 32.1. The number of rotatable bonds is 3. The van der Waals surface area contributed by atoms with E-state index < -0.39 is 0 Å². The summed E-state index contributed by atoms with van der Waals surface area (Å²) in [6, 6.07) is 0. The Morgan fingerprint density at radius 2 is 2.17 bits per heavy atom. The third-order valence-corrected chi connectivity index (χ3v) is 5.34. The fourth-order valence-corrected chi connectivity index (χ4v) is 4.19. The first-order valence-corrected chi connectivity index (χ1v) is 9.18. The zero-order valence-electron chi connectivity index (χ0n) is 15.0. The minimum absolute atomic E-state index is 0.0409. The Hall–Kier alpha value is -1.66. The Morgan fingerprint density at radius 1 is 1.42 bits per heavy atom. The molecule has 0 spiro atoms. The fraction of sp³-hybridized carbons (Fsp3) is 0.556. The predicted molar refractivity (Wildman–Crippen MR) is 95.3 cm³/mol. The van der Waals surface area contributed by atoms with Crippen molar-refractivity contribution in [2.24, 2.45) is 0 Å². The van der Waals surface area contributed by atoms with Crippen LogP contribution >= 0.6 is 11.3 Å². The van der Waals surface area contributed by atoms with Crippen LogP contribution < -0.4 is 5.32 Å². The van der Waals surface area contributed by atoms with Gasteiger partial charge in [-0.25, -0.2) is 0 Å². The number of aryl methyl sites for hydroxylation is 2. The lowest BCUT2D eigenvalue weighted by Gasteiger charge is -2.27. The quantitative estimate of drug-likeness (QED) is 0.924. The zero-order chi connectivity index (χ0) is 17.5. The summed E-state index contributed by atoms with van der Waals surface area (Å²) in [7, 11) is 0. The molecule has 0 saturated carbocycles. The number of nitrogens with one attached hydrogen (secondary N) is 1. The lowest BCUT2D eigenvalue weighted by molar-refractivity contribution is 0.0918. The molecule has 0 saturated heterocycles. The molecule has 0 bridgehead atoms. The molecule has 3 heterocycles. The van der Waals surface area contributed by atoms with Crippen LogP contribution in [0.5, 0.6) is 0 Å². The number of hydrogen-bond acceptors (Lipinski definition) is 5. The largest absolute Gasteiger partial charge is 0.361 e. The van der Waals surface area contributed by atoms with Crippen LogP contribution in [-0.4, -0.2) is 28.0 Å². The maximum absolute atomic E-state index is 12.5. The third-order valence-electron chi connectivity index (χ3n) is 4.32. The van der Waals surface area contributed by atoms with E-state index in [9.17, 15) is 4.79 Å². The number of carbonyl (C=O) groups excluding carboxylic acids is 1. The monoisotopic (exact) mass is 347 g/mol. The van der Waals surface area contributed by atoms with Gasteiger partial charge in [0, 0.05) is 41.0 Å². The molecule has 2 aromatic rings. The van der Waals surface area contributed by atoms with Crippen molar-refractivity contribution in [3.05, 3.63) is 38.4 Å². The number of amides is 1. The first kappa shape index (κ1) is 17.2. The van der Waals surface area contributed by atoms with Crippen LogP contribution in [0.25, 0.3) is 0 Å². The lowest BCUT2D eigenvalue weighted by Crippen LogP contribution is -2.41. The van der Waals surface area contributed by atoms with E-state index in [4.69, 9.17) is 4.52 Å². The highest BCUT2D eigenvalue weighted by Crippen LogP contribution is 2.30. The number of fused-ring (bicyclic) bond motifs is 1. The van der Waals surface area contributed by atoms with E-state index in [0.29, 0.717) is 0 Å². The van der Waals surface area contributed by atoms with Gasteiger partial charge in [-0.1, -0.05) is 5.16 Å². The normalized spacial score (nSPS) is 15.4. The van der Waals surface area contributed by atoms with Crippen molar-refractivity contribution in [3.63, 3.8) is 0 Å². The molecule has 0 fully saturated rings. The molecule has 0 atom stereocenters. The van der Waals surface area contributed by atoms with Gasteiger partial charge >= 0.3 is 0 Å². The van der Waals surface area contributed by atoms with Gasteiger partial charge in [-0.2, -0.15) is 0 Å². The summed E-state index contributed by atoms with van der Waals surface area (Å²) in [5, 5.41) is 9.11. The van der Waals surface area contributed by atoms with Crippen LogP contribution in [-0.2, 0) is 19.5 Å². The second-order valence-corrected chi connectivity index (χ2v) is 8.48. The molecular formula is C18H25N3O2S. The molecule has 3 rings (SSSR count). The maximum Gasteiger partial charge on any atom is 0.252 e.